The first kappa shape index (κ1) is 13.6. The van der Waals surface area contributed by atoms with Crippen molar-refractivity contribution < 1.29 is 4.74 Å². The third-order valence-corrected chi connectivity index (χ3v) is 3.32. The molecule has 2 aromatic carbocycles. The summed E-state index contributed by atoms with van der Waals surface area (Å²) >= 11 is 5.39. The van der Waals surface area contributed by atoms with E-state index in [1.807, 2.05) is 55.5 Å². The number of thiocarbonyl (C=S) groups is 1. The predicted molar refractivity (Wildman–Crippen MR) is 89.0 cm³/mol. The molecule has 0 spiro atoms. The number of nitrogens with zero attached hydrogens (tertiary/aromatic N) is 1. The lowest BCUT2D eigenvalue weighted by molar-refractivity contribution is 0.340. The minimum atomic E-state index is 0.565. The minimum Gasteiger partial charge on any atom is -0.494 e. The Labute approximate surface area is 128 Å². The van der Waals surface area contributed by atoms with E-state index >= 15 is 0 Å². The van der Waals surface area contributed by atoms with E-state index < -0.39 is 0 Å². The van der Waals surface area contributed by atoms with Crippen molar-refractivity contribution in [1.29, 1.82) is 0 Å². The number of anilines is 1. The summed E-state index contributed by atoms with van der Waals surface area (Å²) in [6, 6.07) is 15.5. The molecule has 0 saturated carbocycles. The highest BCUT2D eigenvalue weighted by molar-refractivity contribution is 7.81. The molecule has 0 bridgehead atoms. The van der Waals surface area contributed by atoms with Gasteiger partial charge >= 0.3 is 0 Å². The molecular weight excluding hydrogens is 282 g/mol. The fraction of sp³-hybridized carbons (Fsp3) is 0.125. The smallest absolute Gasteiger partial charge is 0.166 e. The van der Waals surface area contributed by atoms with E-state index in [4.69, 9.17) is 17.0 Å². The zero-order valence-electron chi connectivity index (χ0n) is 11.6. The summed E-state index contributed by atoms with van der Waals surface area (Å²) < 4.78 is 5.41. The van der Waals surface area contributed by atoms with E-state index in [1.54, 1.807) is 0 Å². The fourth-order valence-corrected chi connectivity index (χ4v) is 2.27. The SMILES string of the molecule is CCOc1ccc(NC(=S)c2nc3ccccc3[nH]2)cc1. The highest BCUT2D eigenvalue weighted by Gasteiger charge is 2.07. The topological polar surface area (TPSA) is 49.9 Å². The van der Waals surface area contributed by atoms with Crippen LogP contribution in [-0.4, -0.2) is 21.6 Å². The van der Waals surface area contributed by atoms with Gasteiger partial charge in [-0.15, -0.1) is 0 Å². The molecule has 0 unspecified atom stereocenters. The molecule has 21 heavy (non-hydrogen) atoms. The van der Waals surface area contributed by atoms with Gasteiger partial charge in [0.1, 0.15) is 10.7 Å². The third-order valence-electron chi connectivity index (χ3n) is 3.03. The van der Waals surface area contributed by atoms with Crippen LogP contribution in [0.25, 0.3) is 11.0 Å². The van der Waals surface area contributed by atoms with E-state index in [0.717, 1.165) is 22.5 Å². The molecule has 4 nitrogen and oxygen atoms in total. The number of imidazole rings is 1. The Morgan fingerprint density at radius 3 is 2.67 bits per heavy atom. The molecule has 3 aromatic rings. The van der Waals surface area contributed by atoms with Crippen molar-refractivity contribution in [3.63, 3.8) is 0 Å². The Kier molecular flexibility index (Phi) is 3.83. The summed E-state index contributed by atoms with van der Waals surface area (Å²) in [5, 5.41) is 3.17. The van der Waals surface area contributed by atoms with Crippen molar-refractivity contribution in [3.05, 3.63) is 54.4 Å². The molecule has 3 rings (SSSR count). The molecule has 0 radical (unpaired) electrons. The van der Waals surface area contributed by atoms with E-state index in [1.165, 1.54) is 0 Å². The lowest BCUT2D eigenvalue weighted by Gasteiger charge is -2.07. The first-order chi connectivity index (χ1) is 10.3. The van der Waals surface area contributed by atoms with E-state index in [-0.39, 0.29) is 0 Å². The summed E-state index contributed by atoms with van der Waals surface area (Å²) in [5.74, 6) is 1.51. The number of hydrogen-bond donors (Lipinski definition) is 2. The van der Waals surface area contributed by atoms with Crippen molar-refractivity contribution >= 4 is 33.9 Å². The number of hydrogen-bond acceptors (Lipinski definition) is 3. The molecule has 0 aliphatic rings. The average Bonchev–Trinajstić information content (AvgIpc) is 2.94. The Morgan fingerprint density at radius 2 is 1.95 bits per heavy atom. The normalized spacial score (nSPS) is 10.5. The van der Waals surface area contributed by atoms with Crippen LogP contribution < -0.4 is 10.1 Å². The number of H-pyrrole nitrogens is 1. The molecule has 1 heterocycles. The number of ether oxygens (including phenoxy) is 1. The maximum atomic E-state index is 5.41. The number of benzene rings is 2. The first-order valence-corrected chi connectivity index (χ1v) is 7.16. The highest BCUT2D eigenvalue weighted by atomic mass is 32.1. The van der Waals surface area contributed by atoms with Crippen LogP contribution in [0.4, 0.5) is 5.69 Å². The molecule has 1 aromatic heterocycles. The second-order valence-electron chi connectivity index (χ2n) is 4.51. The van der Waals surface area contributed by atoms with Crippen molar-refractivity contribution in [2.75, 3.05) is 11.9 Å². The van der Waals surface area contributed by atoms with Gasteiger partial charge in [-0.1, -0.05) is 24.4 Å². The van der Waals surface area contributed by atoms with Crippen LogP contribution in [-0.2, 0) is 0 Å². The Bertz CT molecular complexity index is 732. The molecule has 0 atom stereocenters. The standard InChI is InChI=1S/C16H15N3OS/c1-2-20-12-9-7-11(8-10-12)17-16(21)15-18-13-5-3-4-6-14(13)19-15/h3-10H,2H2,1H3,(H,17,21)(H,18,19). The van der Waals surface area contributed by atoms with Crippen molar-refractivity contribution in [3.8, 4) is 5.75 Å². The lowest BCUT2D eigenvalue weighted by atomic mass is 10.3. The van der Waals surface area contributed by atoms with Gasteiger partial charge in [-0.3, -0.25) is 0 Å². The van der Waals surface area contributed by atoms with E-state index in [9.17, 15) is 0 Å². The van der Waals surface area contributed by atoms with Crippen LogP contribution in [0.1, 0.15) is 12.7 Å². The summed E-state index contributed by atoms with van der Waals surface area (Å²) in [7, 11) is 0. The zero-order valence-corrected chi connectivity index (χ0v) is 12.4. The quantitative estimate of drug-likeness (QED) is 0.720. The number of para-hydroxylation sites is 2. The number of aromatic amines is 1. The Balaban J connectivity index is 1.76. The van der Waals surface area contributed by atoms with Gasteiger partial charge in [0.05, 0.1) is 17.6 Å². The van der Waals surface area contributed by atoms with Crippen LogP contribution in [0.5, 0.6) is 5.75 Å². The van der Waals surface area contributed by atoms with E-state index in [0.29, 0.717) is 17.4 Å². The van der Waals surface area contributed by atoms with Crippen molar-refractivity contribution in [2.24, 2.45) is 0 Å². The zero-order chi connectivity index (χ0) is 14.7. The van der Waals surface area contributed by atoms with Gasteiger partial charge in [-0.05, 0) is 43.3 Å². The lowest BCUT2D eigenvalue weighted by Crippen LogP contribution is -2.12. The second-order valence-corrected chi connectivity index (χ2v) is 4.92. The maximum Gasteiger partial charge on any atom is 0.166 e. The Hall–Kier alpha value is -2.40. The highest BCUT2D eigenvalue weighted by Crippen LogP contribution is 2.17. The molecule has 5 heteroatoms. The first-order valence-electron chi connectivity index (χ1n) is 6.75. The van der Waals surface area contributed by atoms with Crippen LogP contribution in [0.15, 0.2) is 48.5 Å². The second kappa shape index (κ2) is 5.93. The molecule has 0 amide bonds. The number of nitrogens with one attached hydrogen (secondary N) is 2. The molecule has 0 aliphatic heterocycles. The fourth-order valence-electron chi connectivity index (χ4n) is 2.05. The summed E-state index contributed by atoms with van der Waals surface area (Å²) in [6.07, 6.45) is 0. The number of fused-ring (bicyclic) bond motifs is 1. The Morgan fingerprint density at radius 1 is 1.19 bits per heavy atom. The van der Waals surface area contributed by atoms with Gasteiger partial charge < -0.3 is 15.0 Å². The monoisotopic (exact) mass is 297 g/mol. The molecule has 0 saturated heterocycles. The molecular formula is C16H15N3OS. The average molecular weight is 297 g/mol. The van der Waals surface area contributed by atoms with Gasteiger partial charge in [0.25, 0.3) is 0 Å². The third kappa shape index (κ3) is 3.03. The van der Waals surface area contributed by atoms with Gasteiger partial charge in [-0.25, -0.2) is 4.98 Å². The van der Waals surface area contributed by atoms with Gasteiger partial charge in [0, 0.05) is 5.69 Å². The van der Waals surface area contributed by atoms with Crippen LogP contribution >= 0.6 is 12.2 Å². The molecule has 106 valence electrons. The maximum absolute atomic E-state index is 5.41. The van der Waals surface area contributed by atoms with Crippen LogP contribution in [0, 0.1) is 0 Å². The van der Waals surface area contributed by atoms with Crippen LogP contribution in [0.3, 0.4) is 0 Å². The van der Waals surface area contributed by atoms with Crippen molar-refractivity contribution in [1.82, 2.24) is 9.97 Å². The van der Waals surface area contributed by atoms with Gasteiger partial charge in [-0.2, -0.15) is 0 Å². The minimum absolute atomic E-state index is 0.565. The van der Waals surface area contributed by atoms with Crippen molar-refractivity contribution in [2.45, 2.75) is 6.92 Å². The largest absolute Gasteiger partial charge is 0.494 e. The van der Waals surface area contributed by atoms with Gasteiger partial charge in [0.15, 0.2) is 5.82 Å². The number of aromatic nitrogens is 2. The van der Waals surface area contributed by atoms with E-state index in [2.05, 4.69) is 15.3 Å². The summed E-state index contributed by atoms with van der Waals surface area (Å²) in [5.41, 5.74) is 2.79. The molecule has 2 N–H and O–H groups in total. The molecule has 0 fully saturated rings. The number of rotatable bonds is 4. The van der Waals surface area contributed by atoms with Gasteiger partial charge in [0.2, 0.25) is 0 Å². The summed E-state index contributed by atoms with van der Waals surface area (Å²) in [6.45, 7) is 2.62. The molecule has 0 aliphatic carbocycles. The predicted octanol–water partition coefficient (Wildman–Crippen LogP) is 3.75. The summed E-state index contributed by atoms with van der Waals surface area (Å²) in [4.78, 5) is 8.24. The van der Waals surface area contributed by atoms with Crippen LogP contribution in [0.2, 0.25) is 0 Å².